The highest BCUT2D eigenvalue weighted by atomic mass is 35.5. The molecule has 0 unspecified atom stereocenters. The van der Waals surface area contributed by atoms with Gasteiger partial charge in [-0.15, -0.1) is 0 Å². The van der Waals surface area contributed by atoms with Crippen LogP contribution in [0.25, 0.3) is 5.03 Å². The van der Waals surface area contributed by atoms with Gasteiger partial charge in [0, 0.05) is 16.7 Å². The molecular weight excluding hydrogens is 223 g/mol. The molecule has 0 atom stereocenters. The summed E-state index contributed by atoms with van der Waals surface area (Å²) in [6, 6.07) is 7.00. The molecule has 0 aliphatic rings. The van der Waals surface area contributed by atoms with E-state index in [1.807, 2.05) is 0 Å². The summed E-state index contributed by atoms with van der Waals surface area (Å²) in [5.41, 5.74) is 0.612. The Kier molecular flexibility index (Phi) is 3.98. The number of rotatable bonds is 2. The number of hydrogen-bond acceptors (Lipinski definition) is 2. The molecule has 14 heavy (non-hydrogen) atoms. The molecule has 1 aromatic rings. The molecule has 74 valence electrons. The first-order valence-corrected chi connectivity index (χ1v) is 4.61. The lowest BCUT2D eigenvalue weighted by atomic mass is 10.2. The second kappa shape index (κ2) is 5.03. The third kappa shape index (κ3) is 2.76. The Morgan fingerprint density at radius 2 is 2.07 bits per heavy atom. The molecule has 0 fully saturated rings. The third-order valence-electron chi connectivity index (χ3n) is 1.58. The van der Waals surface area contributed by atoms with E-state index in [1.165, 1.54) is 13.2 Å². The van der Waals surface area contributed by atoms with Crippen LogP contribution in [0.3, 0.4) is 0 Å². The van der Waals surface area contributed by atoms with Crippen molar-refractivity contribution in [3.63, 3.8) is 0 Å². The van der Waals surface area contributed by atoms with Gasteiger partial charge in [-0.25, -0.2) is 4.79 Å². The van der Waals surface area contributed by atoms with Crippen molar-refractivity contribution in [2.75, 3.05) is 7.11 Å². The molecule has 0 amide bonds. The lowest BCUT2D eigenvalue weighted by Crippen LogP contribution is -1.95. The smallest absolute Gasteiger partial charge is 0.331 e. The minimum atomic E-state index is -0.505. The van der Waals surface area contributed by atoms with Gasteiger partial charge in [-0.05, 0) is 6.07 Å². The van der Waals surface area contributed by atoms with Crippen LogP contribution in [0.4, 0.5) is 0 Å². The molecule has 1 aromatic carbocycles. The molecule has 4 heteroatoms. The predicted octanol–water partition coefficient (Wildman–Crippen LogP) is 3.09. The number of halogens is 2. The number of carbonyl (C=O) groups is 1. The van der Waals surface area contributed by atoms with E-state index >= 15 is 0 Å². The zero-order valence-electron chi connectivity index (χ0n) is 7.46. The fourth-order valence-electron chi connectivity index (χ4n) is 0.895. The van der Waals surface area contributed by atoms with Gasteiger partial charge in [0.15, 0.2) is 0 Å². The monoisotopic (exact) mass is 230 g/mol. The van der Waals surface area contributed by atoms with E-state index in [2.05, 4.69) is 4.74 Å². The van der Waals surface area contributed by atoms with Crippen LogP contribution in [0, 0.1) is 0 Å². The average Bonchev–Trinajstić information content (AvgIpc) is 2.18. The van der Waals surface area contributed by atoms with Crippen LogP contribution >= 0.6 is 23.2 Å². The minimum Gasteiger partial charge on any atom is -0.466 e. The summed E-state index contributed by atoms with van der Waals surface area (Å²) >= 11 is 11.7. The van der Waals surface area contributed by atoms with E-state index in [1.54, 1.807) is 24.3 Å². The summed E-state index contributed by atoms with van der Waals surface area (Å²) in [5.74, 6) is -0.505. The molecule has 1 rings (SSSR count). The number of methoxy groups -OCH3 is 1. The molecule has 0 bridgehead atoms. The summed E-state index contributed by atoms with van der Waals surface area (Å²) in [7, 11) is 1.29. The second-order valence-electron chi connectivity index (χ2n) is 2.50. The highest BCUT2D eigenvalue weighted by Crippen LogP contribution is 2.26. The van der Waals surface area contributed by atoms with Crippen molar-refractivity contribution in [1.82, 2.24) is 0 Å². The van der Waals surface area contributed by atoms with Gasteiger partial charge < -0.3 is 4.74 Å². The Balaban J connectivity index is 3.00. The van der Waals surface area contributed by atoms with Crippen molar-refractivity contribution in [1.29, 1.82) is 0 Å². The van der Waals surface area contributed by atoms with E-state index in [9.17, 15) is 4.79 Å². The van der Waals surface area contributed by atoms with Gasteiger partial charge in [0.2, 0.25) is 0 Å². The van der Waals surface area contributed by atoms with Crippen molar-refractivity contribution in [2.24, 2.45) is 0 Å². The zero-order chi connectivity index (χ0) is 10.6. The molecule has 0 spiro atoms. The maximum absolute atomic E-state index is 10.9. The quantitative estimate of drug-likeness (QED) is 0.577. The van der Waals surface area contributed by atoms with Crippen molar-refractivity contribution < 1.29 is 9.53 Å². The van der Waals surface area contributed by atoms with Gasteiger partial charge in [-0.3, -0.25) is 0 Å². The molecule has 0 heterocycles. The Labute approximate surface area is 92.1 Å². The minimum absolute atomic E-state index is 0.266. The number of carbonyl (C=O) groups excluding carboxylic acids is 1. The maximum atomic E-state index is 10.9. The highest BCUT2D eigenvalue weighted by Gasteiger charge is 2.05. The molecule has 2 nitrogen and oxygen atoms in total. The van der Waals surface area contributed by atoms with E-state index in [0.29, 0.717) is 10.6 Å². The number of benzene rings is 1. The third-order valence-corrected chi connectivity index (χ3v) is 2.22. The fraction of sp³-hybridized carbons (Fsp3) is 0.100. The summed E-state index contributed by atoms with van der Waals surface area (Å²) in [6.07, 6.45) is 1.18. The molecule has 0 aliphatic heterocycles. The Morgan fingerprint density at radius 1 is 1.43 bits per heavy atom. The summed E-state index contributed by atoms with van der Waals surface area (Å²) < 4.78 is 4.44. The van der Waals surface area contributed by atoms with Crippen LogP contribution in [0.15, 0.2) is 30.3 Å². The van der Waals surface area contributed by atoms with Crippen LogP contribution in [-0.4, -0.2) is 13.1 Å². The van der Waals surface area contributed by atoms with E-state index in [0.717, 1.165) is 0 Å². The van der Waals surface area contributed by atoms with Crippen molar-refractivity contribution in [2.45, 2.75) is 0 Å². The predicted molar refractivity (Wildman–Crippen MR) is 57.3 cm³/mol. The van der Waals surface area contributed by atoms with Crippen LogP contribution in [0.1, 0.15) is 5.56 Å². The average molecular weight is 231 g/mol. The topological polar surface area (TPSA) is 26.3 Å². The van der Waals surface area contributed by atoms with E-state index < -0.39 is 5.97 Å². The normalized spacial score (nSPS) is 11.2. The SMILES string of the molecule is COC(=O)C=C(Cl)c1ccccc1Cl. The van der Waals surface area contributed by atoms with Crippen molar-refractivity contribution >= 4 is 34.2 Å². The summed E-state index contributed by atoms with van der Waals surface area (Å²) in [4.78, 5) is 10.9. The molecule has 0 radical (unpaired) electrons. The summed E-state index contributed by atoms with van der Waals surface area (Å²) in [5, 5.41) is 0.764. The van der Waals surface area contributed by atoms with Gasteiger partial charge in [0.05, 0.1) is 12.1 Å². The van der Waals surface area contributed by atoms with Gasteiger partial charge in [0.1, 0.15) is 0 Å². The van der Waals surface area contributed by atoms with Crippen LogP contribution in [0.2, 0.25) is 5.02 Å². The van der Waals surface area contributed by atoms with Gasteiger partial charge in [-0.2, -0.15) is 0 Å². The molecule has 0 saturated heterocycles. The summed E-state index contributed by atoms with van der Waals surface area (Å²) in [6.45, 7) is 0. The first-order chi connectivity index (χ1) is 6.65. The lowest BCUT2D eigenvalue weighted by molar-refractivity contribution is -0.134. The largest absolute Gasteiger partial charge is 0.466 e. The van der Waals surface area contributed by atoms with Gasteiger partial charge in [-0.1, -0.05) is 41.4 Å². The molecule has 0 aliphatic carbocycles. The molecule has 0 saturated carbocycles. The maximum Gasteiger partial charge on any atom is 0.331 e. The molecular formula is C10H8Cl2O2. The van der Waals surface area contributed by atoms with E-state index in [-0.39, 0.29) is 5.03 Å². The molecule has 0 aromatic heterocycles. The van der Waals surface area contributed by atoms with Gasteiger partial charge in [0.25, 0.3) is 0 Å². The van der Waals surface area contributed by atoms with Crippen molar-refractivity contribution in [3.05, 3.63) is 40.9 Å². The highest BCUT2D eigenvalue weighted by molar-refractivity contribution is 6.51. The number of hydrogen-bond donors (Lipinski definition) is 0. The zero-order valence-corrected chi connectivity index (χ0v) is 8.97. The Bertz CT molecular complexity index is 372. The molecule has 0 N–H and O–H groups in total. The van der Waals surface area contributed by atoms with Crippen LogP contribution in [-0.2, 0) is 9.53 Å². The Morgan fingerprint density at radius 3 is 2.64 bits per heavy atom. The Hall–Kier alpha value is -0.990. The number of esters is 1. The van der Waals surface area contributed by atoms with Gasteiger partial charge >= 0.3 is 5.97 Å². The second-order valence-corrected chi connectivity index (χ2v) is 3.31. The van der Waals surface area contributed by atoms with E-state index in [4.69, 9.17) is 23.2 Å². The lowest BCUT2D eigenvalue weighted by Gasteiger charge is -2.01. The van der Waals surface area contributed by atoms with Crippen LogP contribution in [0.5, 0.6) is 0 Å². The standard InChI is InChI=1S/C10H8Cl2O2/c1-14-10(13)6-9(12)7-4-2-3-5-8(7)11/h2-6H,1H3. The van der Waals surface area contributed by atoms with Crippen LogP contribution < -0.4 is 0 Å². The first-order valence-electron chi connectivity index (χ1n) is 3.85. The number of ether oxygens (including phenoxy) is 1. The van der Waals surface area contributed by atoms with Crippen molar-refractivity contribution in [3.8, 4) is 0 Å². The first kappa shape index (κ1) is 11.1. The fourth-order valence-corrected chi connectivity index (χ4v) is 1.43.